The van der Waals surface area contributed by atoms with Crippen molar-refractivity contribution in [3.8, 4) is 0 Å². The normalized spacial score (nSPS) is 13.8. The highest BCUT2D eigenvalue weighted by molar-refractivity contribution is 7.92. The first-order valence-electron chi connectivity index (χ1n) is 6.15. The lowest BCUT2D eigenvalue weighted by Gasteiger charge is -2.24. The lowest BCUT2D eigenvalue weighted by molar-refractivity contribution is -0.138. The molecule has 0 amide bonds. The molecule has 1 aromatic heterocycles. The molecule has 1 aromatic rings. The molecule has 0 aliphatic heterocycles. The monoisotopic (exact) mass is 300 g/mol. The van der Waals surface area contributed by atoms with Crippen molar-refractivity contribution in [2.24, 2.45) is 0 Å². The quantitative estimate of drug-likeness (QED) is 0.908. The van der Waals surface area contributed by atoms with Gasteiger partial charge < -0.3 is 10.0 Å². The van der Waals surface area contributed by atoms with Crippen LogP contribution in [0.15, 0.2) is 23.4 Å². The maximum Gasteiger partial charge on any atom is 0.326 e. The summed E-state index contributed by atoms with van der Waals surface area (Å²) in [4.78, 5) is 16.4. The largest absolute Gasteiger partial charge is 0.480 e. The van der Waals surface area contributed by atoms with Crippen LogP contribution < -0.4 is 4.90 Å². The highest BCUT2D eigenvalue weighted by Gasteiger charge is 2.32. The van der Waals surface area contributed by atoms with Gasteiger partial charge in [-0.2, -0.15) is 0 Å². The Morgan fingerprint density at radius 2 is 1.90 bits per heavy atom. The summed E-state index contributed by atoms with van der Waals surface area (Å²) in [5, 5.41) is 8.94. The van der Waals surface area contributed by atoms with Gasteiger partial charge in [-0.25, -0.2) is 18.2 Å². The summed E-state index contributed by atoms with van der Waals surface area (Å²) < 4.78 is 23.5. The van der Waals surface area contributed by atoms with E-state index in [1.54, 1.807) is 40.8 Å². The predicted molar refractivity (Wildman–Crippen MR) is 76.7 cm³/mol. The highest BCUT2D eigenvalue weighted by Crippen LogP contribution is 2.24. The van der Waals surface area contributed by atoms with Crippen LogP contribution >= 0.6 is 0 Å². The number of aromatic nitrogens is 1. The van der Waals surface area contributed by atoms with Gasteiger partial charge in [-0.3, -0.25) is 0 Å². The second-order valence-electron chi connectivity index (χ2n) is 5.60. The van der Waals surface area contributed by atoms with Gasteiger partial charge in [0, 0.05) is 7.05 Å². The zero-order valence-corrected chi connectivity index (χ0v) is 13.1. The Morgan fingerprint density at radius 3 is 2.25 bits per heavy atom. The van der Waals surface area contributed by atoms with Crippen LogP contribution in [0.1, 0.15) is 27.7 Å². The molecule has 1 unspecified atom stereocenters. The Hall–Kier alpha value is -1.63. The molecule has 0 saturated carbocycles. The Kier molecular flexibility index (Phi) is 4.43. The van der Waals surface area contributed by atoms with Gasteiger partial charge in [0.05, 0.1) is 16.6 Å². The van der Waals surface area contributed by atoms with Gasteiger partial charge in [0.15, 0.2) is 14.9 Å². The molecular weight excluding hydrogens is 280 g/mol. The zero-order valence-electron chi connectivity index (χ0n) is 12.3. The number of carboxylic acid groups (broad SMARTS) is 1. The maximum atomic E-state index is 12.2. The van der Waals surface area contributed by atoms with Crippen molar-refractivity contribution in [3.05, 3.63) is 18.3 Å². The third kappa shape index (κ3) is 3.09. The first kappa shape index (κ1) is 16.4. The summed E-state index contributed by atoms with van der Waals surface area (Å²) in [6.07, 6.45) is 1.37. The van der Waals surface area contributed by atoms with E-state index in [9.17, 15) is 13.2 Å². The number of nitrogens with zero attached hydrogens (tertiary/aromatic N) is 2. The number of pyridine rings is 1. The van der Waals surface area contributed by atoms with Crippen LogP contribution in [0.3, 0.4) is 0 Å². The summed E-state index contributed by atoms with van der Waals surface area (Å²) in [6, 6.07) is 2.24. The van der Waals surface area contributed by atoms with E-state index in [0.29, 0.717) is 5.69 Å². The van der Waals surface area contributed by atoms with Gasteiger partial charge in [0.2, 0.25) is 0 Å². The van der Waals surface area contributed by atoms with Gasteiger partial charge in [-0.15, -0.1) is 0 Å². The number of aliphatic carboxylic acids is 1. The minimum absolute atomic E-state index is 0.00914. The molecule has 1 atom stereocenters. The molecule has 1 heterocycles. The summed E-state index contributed by atoms with van der Waals surface area (Å²) in [5.74, 6) is -0.959. The number of hydrogen-bond donors (Lipinski definition) is 1. The van der Waals surface area contributed by atoms with Crippen LogP contribution in [-0.2, 0) is 14.6 Å². The van der Waals surface area contributed by atoms with Crippen LogP contribution in [-0.4, -0.2) is 42.3 Å². The number of rotatable bonds is 4. The minimum atomic E-state index is -3.50. The van der Waals surface area contributed by atoms with E-state index in [2.05, 4.69) is 4.98 Å². The van der Waals surface area contributed by atoms with Gasteiger partial charge in [0.25, 0.3) is 0 Å². The van der Waals surface area contributed by atoms with E-state index in [4.69, 9.17) is 5.11 Å². The van der Waals surface area contributed by atoms with Gasteiger partial charge in [-0.05, 0) is 39.8 Å². The molecule has 0 spiro atoms. The number of hydrogen-bond acceptors (Lipinski definition) is 5. The number of anilines is 1. The van der Waals surface area contributed by atoms with Gasteiger partial charge in [0.1, 0.15) is 6.04 Å². The topological polar surface area (TPSA) is 87.6 Å². The molecule has 0 fully saturated rings. The standard InChI is InChI=1S/C13H20N2O4S/c1-9(12(16)17)15(5)10-6-7-11(14-8-10)20(18,19)13(2,3)4/h6-9H,1-5H3,(H,16,17). The van der Waals surface area contributed by atoms with E-state index in [1.807, 2.05) is 0 Å². The summed E-state index contributed by atoms with van der Waals surface area (Å²) in [5.41, 5.74) is 0.549. The zero-order chi connectivity index (χ0) is 15.7. The van der Waals surface area contributed by atoms with Crippen molar-refractivity contribution in [1.82, 2.24) is 4.98 Å². The number of carbonyl (C=O) groups is 1. The van der Waals surface area contributed by atoms with Crippen molar-refractivity contribution >= 4 is 21.5 Å². The Morgan fingerprint density at radius 1 is 1.35 bits per heavy atom. The Labute approximate surface area is 119 Å². The minimum Gasteiger partial charge on any atom is -0.480 e. The van der Waals surface area contributed by atoms with Crippen molar-refractivity contribution in [2.45, 2.75) is 43.5 Å². The molecule has 6 nitrogen and oxygen atoms in total. The summed E-state index contributed by atoms with van der Waals surface area (Å²) in [7, 11) is -1.88. The third-order valence-electron chi connectivity index (χ3n) is 3.15. The molecule has 1 N–H and O–H groups in total. The summed E-state index contributed by atoms with van der Waals surface area (Å²) in [6.45, 7) is 6.37. The smallest absolute Gasteiger partial charge is 0.326 e. The predicted octanol–water partition coefficient (Wildman–Crippen LogP) is 1.56. The molecular formula is C13H20N2O4S. The molecule has 7 heteroatoms. The average Bonchev–Trinajstić information content (AvgIpc) is 2.35. The van der Waals surface area contributed by atoms with Crippen molar-refractivity contribution in [3.63, 3.8) is 0 Å². The molecule has 1 rings (SSSR count). The van der Waals surface area contributed by atoms with Crippen molar-refractivity contribution in [1.29, 1.82) is 0 Å². The van der Waals surface area contributed by atoms with Crippen molar-refractivity contribution < 1.29 is 18.3 Å². The Balaban J connectivity index is 3.10. The lowest BCUT2D eigenvalue weighted by atomic mass is 10.2. The fourth-order valence-electron chi connectivity index (χ4n) is 1.44. The molecule has 20 heavy (non-hydrogen) atoms. The molecule has 0 radical (unpaired) electrons. The fourth-order valence-corrected chi connectivity index (χ4v) is 2.51. The van der Waals surface area contributed by atoms with E-state index < -0.39 is 26.6 Å². The van der Waals surface area contributed by atoms with E-state index >= 15 is 0 Å². The van der Waals surface area contributed by atoms with Crippen molar-refractivity contribution in [2.75, 3.05) is 11.9 Å². The van der Waals surface area contributed by atoms with Crippen LogP contribution in [0.2, 0.25) is 0 Å². The Bertz CT molecular complexity index is 588. The van der Waals surface area contributed by atoms with Crippen LogP contribution in [0.4, 0.5) is 5.69 Å². The molecule has 112 valence electrons. The molecule has 0 aliphatic carbocycles. The van der Waals surface area contributed by atoms with Gasteiger partial charge in [-0.1, -0.05) is 0 Å². The molecule has 0 aromatic carbocycles. The molecule has 0 bridgehead atoms. The number of sulfone groups is 1. The van der Waals surface area contributed by atoms with Gasteiger partial charge >= 0.3 is 5.97 Å². The first-order valence-corrected chi connectivity index (χ1v) is 7.63. The van der Waals surface area contributed by atoms with Crippen LogP contribution in [0.25, 0.3) is 0 Å². The number of carboxylic acids is 1. The fraction of sp³-hybridized carbons (Fsp3) is 0.538. The first-order chi connectivity index (χ1) is 8.98. The maximum absolute atomic E-state index is 12.2. The molecule has 0 saturated heterocycles. The lowest BCUT2D eigenvalue weighted by Crippen LogP contribution is -2.36. The number of likely N-dealkylation sites (N-methyl/N-ethyl adjacent to an activating group) is 1. The van der Waals surface area contributed by atoms with Crippen LogP contribution in [0.5, 0.6) is 0 Å². The van der Waals surface area contributed by atoms with Crippen LogP contribution in [0, 0.1) is 0 Å². The second kappa shape index (κ2) is 5.40. The second-order valence-corrected chi connectivity index (χ2v) is 8.25. The summed E-state index contributed by atoms with van der Waals surface area (Å²) >= 11 is 0. The third-order valence-corrected chi connectivity index (χ3v) is 5.55. The average molecular weight is 300 g/mol. The molecule has 0 aliphatic rings. The van der Waals surface area contributed by atoms with E-state index in [1.165, 1.54) is 17.2 Å². The van der Waals surface area contributed by atoms with E-state index in [0.717, 1.165) is 0 Å². The SMILES string of the molecule is CC(C(=O)O)N(C)c1ccc(S(=O)(=O)C(C)(C)C)nc1. The van der Waals surface area contributed by atoms with E-state index in [-0.39, 0.29) is 5.03 Å². The highest BCUT2D eigenvalue weighted by atomic mass is 32.2.